The van der Waals surface area contributed by atoms with Crippen LogP contribution in [0.4, 0.5) is 0 Å². The fourth-order valence-electron chi connectivity index (χ4n) is 2.98. The Bertz CT molecular complexity index is 968. The van der Waals surface area contributed by atoms with E-state index in [1.165, 1.54) is 0 Å². The minimum atomic E-state index is 0.0396. The smallest absolute Gasteiger partial charge is 0.240 e. The molecule has 1 N–H and O–H groups in total. The average Bonchev–Trinajstić information content (AvgIpc) is 3.46. The lowest BCUT2D eigenvalue weighted by Crippen LogP contribution is -2.29. The van der Waals surface area contributed by atoms with Crippen LogP contribution in [0.3, 0.4) is 0 Å². The molecule has 0 saturated heterocycles. The number of para-hydroxylation sites is 4. The molecule has 1 aliphatic rings. The summed E-state index contributed by atoms with van der Waals surface area (Å²) in [4.78, 5) is 17.0. The highest BCUT2D eigenvalue weighted by Gasteiger charge is 2.24. The molecule has 2 aromatic carbocycles. The van der Waals surface area contributed by atoms with Gasteiger partial charge in [0.1, 0.15) is 6.54 Å². The highest BCUT2D eigenvalue weighted by molar-refractivity contribution is 7.99. The number of carbonyl (C=O) groups is 1. The van der Waals surface area contributed by atoms with Crippen LogP contribution in [0.15, 0.2) is 53.7 Å². The third-order valence-electron chi connectivity index (χ3n) is 4.50. The van der Waals surface area contributed by atoms with E-state index in [0.29, 0.717) is 18.4 Å². The first kappa shape index (κ1) is 18.7. The lowest BCUT2D eigenvalue weighted by Gasteiger charge is -2.11. The van der Waals surface area contributed by atoms with E-state index in [4.69, 9.17) is 14.5 Å². The van der Waals surface area contributed by atoms with Gasteiger partial charge in [-0.1, -0.05) is 36.0 Å². The summed E-state index contributed by atoms with van der Waals surface area (Å²) in [7, 11) is 1.63. The molecule has 0 bridgehead atoms. The van der Waals surface area contributed by atoms with Gasteiger partial charge < -0.3 is 19.4 Å². The van der Waals surface area contributed by atoms with Gasteiger partial charge in [-0.2, -0.15) is 0 Å². The monoisotopic (exact) mass is 397 g/mol. The molecule has 1 aliphatic carbocycles. The minimum absolute atomic E-state index is 0.0396. The number of thioether (sulfide) groups is 1. The predicted molar refractivity (Wildman–Crippen MR) is 110 cm³/mol. The molecular formula is C21H23N3O3S. The maximum atomic E-state index is 12.3. The molecule has 1 amide bonds. The van der Waals surface area contributed by atoms with Crippen molar-refractivity contribution in [1.29, 1.82) is 0 Å². The van der Waals surface area contributed by atoms with Gasteiger partial charge in [0, 0.05) is 11.8 Å². The summed E-state index contributed by atoms with van der Waals surface area (Å²) >= 11 is 1.59. The summed E-state index contributed by atoms with van der Waals surface area (Å²) in [5, 5.41) is 3.88. The van der Waals surface area contributed by atoms with Gasteiger partial charge in [-0.05, 0) is 37.1 Å². The highest BCUT2D eigenvalue weighted by Crippen LogP contribution is 2.27. The normalized spacial score (nSPS) is 13.5. The Balaban J connectivity index is 1.42. The first-order valence-corrected chi connectivity index (χ1v) is 10.4. The predicted octanol–water partition coefficient (Wildman–Crippen LogP) is 3.49. The fraction of sp³-hybridized carbons (Fsp3) is 0.333. The lowest BCUT2D eigenvalue weighted by molar-refractivity contribution is -0.121. The minimum Gasteiger partial charge on any atom is -0.493 e. The zero-order chi connectivity index (χ0) is 19.3. The van der Waals surface area contributed by atoms with Crippen LogP contribution >= 0.6 is 11.8 Å². The quantitative estimate of drug-likeness (QED) is 0.442. The molecule has 4 rings (SSSR count). The van der Waals surface area contributed by atoms with Crippen LogP contribution < -0.4 is 14.8 Å². The summed E-state index contributed by atoms with van der Waals surface area (Å²) in [5.74, 6) is 2.20. The molecule has 1 fully saturated rings. The van der Waals surface area contributed by atoms with Gasteiger partial charge in [0.25, 0.3) is 0 Å². The van der Waals surface area contributed by atoms with Gasteiger partial charge in [-0.15, -0.1) is 0 Å². The number of nitrogens with one attached hydrogen (secondary N) is 1. The number of hydrogen-bond acceptors (Lipinski definition) is 5. The van der Waals surface area contributed by atoms with Crippen LogP contribution in [-0.2, 0) is 11.3 Å². The van der Waals surface area contributed by atoms with E-state index in [1.807, 2.05) is 53.1 Å². The number of imidazole rings is 1. The molecule has 6 nitrogen and oxygen atoms in total. The summed E-state index contributed by atoms with van der Waals surface area (Å²) in [5.41, 5.74) is 1.87. The van der Waals surface area contributed by atoms with E-state index in [-0.39, 0.29) is 12.5 Å². The van der Waals surface area contributed by atoms with E-state index in [1.54, 1.807) is 18.9 Å². The summed E-state index contributed by atoms with van der Waals surface area (Å²) in [6.45, 7) is 0.801. The number of ether oxygens (including phenoxy) is 2. The number of benzene rings is 2. The second-order valence-electron chi connectivity index (χ2n) is 6.66. The third kappa shape index (κ3) is 4.42. The van der Waals surface area contributed by atoms with E-state index < -0.39 is 0 Å². The van der Waals surface area contributed by atoms with Crippen LogP contribution in [-0.4, -0.2) is 41.0 Å². The molecule has 1 aromatic heterocycles. The number of hydrogen-bond donors (Lipinski definition) is 1. The molecule has 0 radical (unpaired) electrons. The number of carbonyl (C=O) groups excluding carboxylic acids is 1. The molecule has 1 saturated carbocycles. The van der Waals surface area contributed by atoms with Gasteiger partial charge >= 0.3 is 0 Å². The largest absolute Gasteiger partial charge is 0.493 e. The molecule has 0 atom stereocenters. The Hall–Kier alpha value is -2.67. The Morgan fingerprint density at radius 2 is 1.93 bits per heavy atom. The van der Waals surface area contributed by atoms with Crippen LogP contribution in [0.25, 0.3) is 11.0 Å². The molecule has 0 aliphatic heterocycles. The molecule has 28 heavy (non-hydrogen) atoms. The Morgan fingerprint density at radius 1 is 1.18 bits per heavy atom. The Labute approximate surface area is 168 Å². The maximum absolute atomic E-state index is 12.3. The molecular weight excluding hydrogens is 374 g/mol. The SMILES string of the molecule is COc1ccccc1OCCSc1nc2ccccc2n1CC(=O)NC1CC1. The summed E-state index contributed by atoms with van der Waals surface area (Å²) in [6.07, 6.45) is 2.16. The van der Waals surface area contributed by atoms with Crippen molar-refractivity contribution in [3.63, 3.8) is 0 Å². The number of aromatic nitrogens is 2. The van der Waals surface area contributed by atoms with Gasteiger partial charge in [-0.3, -0.25) is 4.79 Å². The van der Waals surface area contributed by atoms with Crippen molar-refractivity contribution < 1.29 is 14.3 Å². The van der Waals surface area contributed by atoms with Crippen molar-refractivity contribution in [3.05, 3.63) is 48.5 Å². The maximum Gasteiger partial charge on any atom is 0.240 e. The molecule has 0 unspecified atom stereocenters. The number of methoxy groups -OCH3 is 1. The van der Waals surface area contributed by atoms with E-state index in [0.717, 1.165) is 40.5 Å². The first-order valence-electron chi connectivity index (χ1n) is 9.38. The number of rotatable bonds is 9. The standard InChI is InChI=1S/C21H23N3O3S/c1-26-18-8-4-5-9-19(18)27-12-13-28-21-23-16-6-2-3-7-17(16)24(21)14-20(25)22-15-10-11-15/h2-9,15H,10-14H2,1H3,(H,22,25). The zero-order valence-electron chi connectivity index (χ0n) is 15.8. The van der Waals surface area contributed by atoms with Gasteiger partial charge in [0.15, 0.2) is 16.7 Å². The van der Waals surface area contributed by atoms with Crippen LogP contribution in [0.2, 0.25) is 0 Å². The van der Waals surface area contributed by atoms with E-state index in [2.05, 4.69) is 5.32 Å². The van der Waals surface area contributed by atoms with Crippen molar-refractivity contribution in [2.75, 3.05) is 19.5 Å². The summed E-state index contributed by atoms with van der Waals surface area (Å²) < 4.78 is 13.1. The van der Waals surface area contributed by atoms with Crippen LogP contribution in [0, 0.1) is 0 Å². The average molecular weight is 398 g/mol. The summed E-state index contributed by atoms with van der Waals surface area (Å²) in [6, 6.07) is 15.9. The van der Waals surface area contributed by atoms with Gasteiger partial charge in [0.2, 0.25) is 5.91 Å². The lowest BCUT2D eigenvalue weighted by atomic mass is 10.3. The molecule has 146 valence electrons. The third-order valence-corrected chi connectivity index (χ3v) is 5.45. The Morgan fingerprint density at radius 3 is 2.71 bits per heavy atom. The first-order chi connectivity index (χ1) is 13.7. The van der Waals surface area contributed by atoms with E-state index in [9.17, 15) is 4.79 Å². The van der Waals surface area contributed by atoms with Gasteiger partial charge in [0.05, 0.1) is 24.8 Å². The molecule has 7 heteroatoms. The molecule has 1 heterocycles. The highest BCUT2D eigenvalue weighted by atomic mass is 32.2. The fourth-order valence-corrected chi connectivity index (χ4v) is 3.81. The zero-order valence-corrected chi connectivity index (χ0v) is 16.6. The van der Waals surface area contributed by atoms with Crippen molar-refractivity contribution >= 4 is 28.7 Å². The topological polar surface area (TPSA) is 65.4 Å². The molecule has 3 aromatic rings. The number of fused-ring (bicyclic) bond motifs is 1. The van der Waals surface area contributed by atoms with E-state index >= 15 is 0 Å². The van der Waals surface area contributed by atoms with Crippen molar-refractivity contribution in [3.8, 4) is 11.5 Å². The van der Waals surface area contributed by atoms with Crippen LogP contribution in [0.5, 0.6) is 11.5 Å². The van der Waals surface area contributed by atoms with Crippen molar-refractivity contribution in [2.24, 2.45) is 0 Å². The van der Waals surface area contributed by atoms with Crippen molar-refractivity contribution in [1.82, 2.24) is 14.9 Å². The number of nitrogens with zero attached hydrogens (tertiary/aromatic N) is 2. The number of amides is 1. The van der Waals surface area contributed by atoms with Gasteiger partial charge in [-0.25, -0.2) is 4.98 Å². The molecule has 0 spiro atoms. The van der Waals surface area contributed by atoms with Crippen molar-refractivity contribution in [2.45, 2.75) is 30.6 Å². The second kappa shape index (κ2) is 8.56. The second-order valence-corrected chi connectivity index (χ2v) is 7.72. The van der Waals surface area contributed by atoms with Crippen LogP contribution in [0.1, 0.15) is 12.8 Å². The Kier molecular flexibility index (Phi) is 5.71.